The average Bonchev–Trinajstić information content (AvgIpc) is 2.39. The van der Waals surface area contributed by atoms with Crippen LogP contribution in [0.5, 0.6) is 0 Å². The molecule has 1 heteroatoms. The number of hydrogen-bond donors (Lipinski definition) is 0. The third-order valence-electron chi connectivity index (χ3n) is 2.97. The fourth-order valence-corrected chi connectivity index (χ4v) is 1.88. The maximum Gasteiger partial charge on any atom is 0.0406 e. The molecule has 0 aliphatic rings. The van der Waals surface area contributed by atoms with Crippen LogP contribution in [0.1, 0.15) is 18.4 Å². The van der Waals surface area contributed by atoms with Gasteiger partial charge in [0.05, 0.1) is 0 Å². The highest BCUT2D eigenvalue weighted by atomic mass is 35.5. The van der Waals surface area contributed by atoms with Crippen molar-refractivity contribution in [3.8, 4) is 11.1 Å². The third-order valence-corrected chi connectivity index (χ3v) is 3.22. The summed E-state index contributed by atoms with van der Waals surface area (Å²) < 4.78 is 0. The smallest absolute Gasteiger partial charge is 0.0406 e. The van der Waals surface area contributed by atoms with Gasteiger partial charge in [0.2, 0.25) is 0 Å². The van der Waals surface area contributed by atoms with Crippen LogP contribution in [0.4, 0.5) is 0 Å². The van der Waals surface area contributed by atoms with Crippen molar-refractivity contribution in [1.82, 2.24) is 0 Å². The Morgan fingerprint density at radius 3 is 1.88 bits per heavy atom. The highest BCUT2D eigenvalue weighted by Crippen LogP contribution is 2.24. The largest absolute Gasteiger partial charge is 0.102 e. The van der Waals surface area contributed by atoms with Crippen LogP contribution < -0.4 is 0 Å². The number of rotatable bonds is 3. The zero-order chi connectivity index (χ0) is 12.3. The molecule has 1 unspecified atom stereocenters. The monoisotopic (exact) mass is 242 g/mol. The van der Waals surface area contributed by atoms with E-state index in [1.54, 1.807) is 0 Å². The number of hydrogen-bond acceptors (Lipinski definition) is 0. The summed E-state index contributed by atoms with van der Waals surface area (Å²) in [5.74, 6) is 0.397. The normalized spacial score (nSPS) is 12.1. The van der Waals surface area contributed by atoms with Gasteiger partial charge in [-0.25, -0.2) is 0 Å². The van der Waals surface area contributed by atoms with Crippen LogP contribution in [-0.4, -0.2) is 0 Å². The summed E-state index contributed by atoms with van der Waals surface area (Å²) in [6.07, 6.45) is 1.96. The van der Waals surface area contributed by atoms with Gasteiger partial charge in [0.1, 0.15) is 0 Å². The first-order chi connectivity index (χ1) is 8.20. The highest BCUT2D eigenvalue weighted by Gasteiger charge is 2.01. The molecule has 2 rings (SSSR count). The maximum absolute atomic E-state index is 5.87. The van der Waals surface area contributed by atoms with Crippen molar-refractivity contribution in [2.45, 2.75) is 12.8 Å². The van der Waals surface area contributed by atoms with Crippen molar-refractivity contribution in [1.29, 1.82) is 0 Å². The Balaban J connectivity index is 2.29. The maximum atomic E-state index is 5.87. The molecule has 0 spiro atoms. The van der Waals surface area contributed by atoms with E-state index in [2.05, 4.69) is 37.8 Å². The van der Waals surface area contributed by atoms with E-state index in [1.165, 1.54) is 16.7 Å². The Morgan fingerprint density at radius 1 is 0.941 bits per heavy atom. The topological polar surface area (TPSA) is 0 Å². The van der Waals surface area contributed by atoms with Crippen LogP contribution in [0.3, 0.4) is 0 Å². The molecule has 0 nitrogen and oxygen atoms in total. The van der Waals surface area contributed by atoms with Crippen LogP contribution in [-0.2, 0) is 0 Å². The number of halogens is 1. The molecule has 0 aliphatic heterocycles. The minimum atomic E-state index is 0.397. The van der Waals surface area contributed by atoms with Crippen molar-refractivity contribution < 1.29 is 0 Å². The molecule has 0 radical (unpaired) electrons. The molecule has 0 saturated carbocycles. The lowest BCUT2D eigenvalue weighted by Crippen LogP contribution is -1.88. The molecule has 2 aromatic rings. The van der Waals surface area contributed by atoms with E-state index < -0.39 is 0 Å². The highest BCUT2D eigenvalue weighted by molar-refractivity contribution is 6.30. The number of allylic oxidation sites excluding steroid dienone is 1. The second kappa shape index (κ2) is 5.20. The predicted octanol–water partition coefficient (Wildman–Crippen LogP) is 5.30. The Hall–Kier alpha value is -1.53. The van der Waals surface area contributed by atoms with Gasteiger partial charge in [0, 0.05) is 5.02 Å². The zero-order valence-electron chi connectivity index (χ0n) is 9.86. The van der Waals surface area contributed by atoms with Crippen LogP contribution in [0.2, 0.25) is 5.02 Å². The molecule has 0 aromatic heterocycles. The van der Waals surface area contributed by atoms with Crippen LogP contribution >= 0.6 is 11.6 Å². The van der Waals surface area contributed by atoms with Crippen molar-refractivity contribution in [3.63, 3.8) is 0 Å². The van der Waals surface area contributed by atoms with Gasteiger partial charge in [-0.1, -0.05) is 61.0 Å². The van der Waals surface area contributed by atoms with Crippen molar-refractivity contribution in [2.75, 3.05) is 0 Å². The Bertz CT molecular complexity index is 494. The van der Waals surface area contributed by atoms with E-state index in [4.69, 9.17) is 11.6 Å². The molecule has 0 bridgehead atoms. The third kappa shape index (κ3) is 2.78. The summed E-state index contributed by atoms with van der Waals surface area (Å²) in [6, 6.07) is 16.5. The minimum Gasteiger partial charge on any atom is -0.102 e. The lowest BCUT2D eigenvalue weighted by atomic mass is 9.98. The molecule has 0 N–H and O–H groups in total. The summed E-state index contributed by atoms with van der Waals surface area (Å²) in [5, 5.41) is 0.769. The molecule has 86 valence electrons. The molecular formula is C16H15Cl. The van der Waals surface area contributed by atoms with Gasteiger partial charge in [0.15, 0.2) is 0 Å². The van der Waals surface area contributed by atoms with Gasteiger partial charge in [-0.15, -0.1) is 6.58 Å². The van der Waals surface area contributed by atoms with Crippen LogP contribution in [0.15, 0.2) is 61.2 Å². The van der Waals surface area contributed by atoms with Crippen molar-refractivity contribution in [2.24, 2.45) is 0 Å². The Kier molecular flexibility index (Phi) is 3.65. The average molecular weight is 243 g/mol. The lowest BCUT2D eigenvalue weighted by molar-refractivity contribution is 0.972. The fourth-order valence-electron chi connectivity index (χ4n) is 1.76. The lowest BCUT2D eigenvalue weighted by Gasteiger charge is -2.08. The van der Waals surface area contributed by atoms with Gasteiger partial charge in [0.25, 0.3) is 0 Å². The first kappa shape index (κ1) is 11.9. The fraction of sp³-hybridized carbons (Fsp3) is 0.125. The van der Waals surface area contributed by atoms with E-state index in [0.717, 1.165) is 5.02 Å². The molecule has 17 heavy (non-hydrogen) atoms. The van der Waals surface area contributed by atoms with Gasteiger partial charge in [-0.05, 0) is 34.7 Å². The molecule has 0 fully saturated rings. The zero-order valence-corrected chi connectivity index (χ0v) is 10.6. The SMILES string of the molecule is C=CC(C)c1ccc(-c2ccc(Cl)cc2)cc1. The Morgan fingerprint density at radius 2 is 1.41 bits per heavy atom. The van der Waals surface area contributed by atoms with Crippen molar-refractivity contribution in [3.05, 3.63) is 71.8 Å². The molecule has 0 amide bonds. The molecule has 0 aliphatic carbocycles. The molecular weight excluding hydrogens is 228 g/mol. The second-order valence-corrected chi connectivity index (χ2v) is 4.59. The Labute approximate surface area is 108 Å². The standard InChI is InChI=1S/C16H15Cl/c1-3-12(2)13-4-6-14(7-5-13)15-8-10-16(17)11-9-15/h3-12H,1H2,2H3. The van der Waals surface area contributed by atoms with Crippen molar-refractivity contribution >= 4 is 11.6 Å². The molecule has 2 aromatic carbocycles. The summed E-state index contributed by atoms with van der Waals surface area (Å²) >= 11 is 5.87. The first-order valence-electron chi connectivity index (χ1n) is 5.69. The van der Waals surface area contributed by atoms with Gasteiger partial charge < -0.3 is 0 Å². The summed E-state index contributed by atoms with van der Waals surface area (Å²) in [7, 11) is 0. The molecule has 1 atom stereocenters. The second-order valence-electron chi connectivity index (χ2n) is 4.15. The van der Waals surface area contributed by atoms with Gasteiger partial charge >= 0.3 is 0 Å². The molecule has 0 heterocycles. The first-order valence-corrected chi connectivity index (χ1v) is 6.07. The van der Waals surface area contributed by atoms with Gasteiger partial charge in [-0.2, -0.15) is 0 Å². The predicted molar refractivity (Wildman–Crippen MR) is 75.5 cm³/mol. The van der Waals surface area contributed by atoms with E-state index in [9.17, 15) is 0 Å². The summed E-state index contributed by atoms with van der Waals surface area (Å²) in [6.45, 7) is 5.96. The van der Waals surface area contributed by atoms with E-state index >= 15 is 0 Å². The summed E-state index contributed by atoms with van der Waals surface area (Å²) in [5.41, 5.74) is 3.69. The number of benzene rings is 2. The van der Waals surface area contributed by atoms with E-state index in [-0.39, 0.29) is 0 Å². The van der Waals surface area contributed by atoms with E-state index in [1.807, 2.05) is 30.3 Å². The quantitative estimate of drug-likeness (QED) is 0.641. The summed E-state index contributed by atoms with van der Waals surface area (Å²) in [4.78, 5) is 0. The van der Waals surface area contributed by atoms with E-state index in [0.29, 0.717) is 5.92 Å². The van der Waals surface area contributed by atoms with Crippen LogP contribution in [0.25, 0.3) is 11.1 Å². The van der Waals surface area contributed by atoms with Gasteiger partial charge in [-0.3, -0.25) is 0 Å². The minimum absolute atomic E-state index is 0.397. The molecule has 0 saturated heterocycles. The van der Waals surface area contributed by atoms with Crippen LogP contribution in [0, 0.1) is 0 Å².